The lowest BCUT2D eigenvalue weighted by Crippen LogP contribution is -2.40. The van der Waals surface area contributed by atoms with Crippen LogP contribution in [-0.4, -0.2) is 30.2 Å². The Balaban J connectivity index is 1.88. The third-order valence-electron chi connectivity index (χ3n) is 3.26. The number of rotatable bonds is 3. The first kappa shape index (κ1) is 12.7. The van der Waals surface area contributed by atoms with Crippen molar-refractivity contribution in [2.75, 3.05) is 11.4 Å². The highest BCUT2D eigenvalue weighted by Crippen LogP contribution is 2.30. The van der Waals surface area contributed by atoms with Crippen LogP contribution in [0.2, 0.25) is 0 Å². The molecule has 0 unspecified atom stereocenters. The number of hydrogen-bond donors (Lipinski definition) is 1. The second kappa shape index (κ2) is 4.36. The molecule has 5 nitrogen and oxygen atoms in total. The monoisotopic (exact) mass is 280 g/mol. The van der Waals surface area contributed by atoms with E-state index in [1.165, 1.54) is 0 Å². The van der Waals surface area contributed by atoms with Gasteiger partial charge in [0.25, 0.3) is 11.7 Å². The van der Waals surface area contributed by atoms with Crippen molar-refractivity contribution in [2.45, 2.75) is 18.9 Å². The third-order valence-corrected chi connectivity index (χ3v) is 3.26. The molecule has 1 aromatic rings. The summed E-state index contributed by atoms with van der Waals surface area (Å²) in [5, 5.41) is 2.66. The van der Waals surface area contributed by atoms with Gasteiger partial charge in [0.15, 0.2) is 11.6 Å². The minimum Gasteiger partial charge on any atom is -0.352 e. The lowest BCUT2D eigenvalue weighted by Gasteiger charge is -2.16. The first-order valence-electron chi connectivity index (χ1n) is 6.12. The van der Waals surface area contributed by atoms with Crippen LogP contribution in [0.5, 0.6) is 0 Å². The molecule has 0 bridgehead atoms. The van der Waals surface area contributed by atoms with Crippen LogP contribution >= 0.6 is 0 Å². The molecule has 20 heavy (non-hydrogen) atoms. The summed E-state index contributed by atoms with van der Waals surface area (Å²) in [6.07, 6.45) is 1.77. The zero-order valence-corrected chi connectivity index (χ0v) is 10.3. The minimum atomic E-state index is -1.20. The molecule has 0 atom stereocenters. The molecule has 1 aliphatic carbocycles. The molecule has 1 aromatic carbocycles. The highest BCUT2D eigenvalue weighted by Gasteiger charge is 2.38. The molecule has 1 heterocycles. The van der Waals surface area contributed by atoms with Crippen LogP contribution in [0.15, 0.2) is 12.1 Å². The molecule has 0 spiro atoms. The topological polar surface area (TPSA) is 66.5 Å². The summed E-state index contributed by atoms with van der Waals surface area (Å²) in [6, 6.07) is 1.56. The molecule has 2 aliphatic rings. The van der Waals surface area contributed by atoms with E-state index in [1.54, 1.807) is 0 Å². The Morgan fingerprint density at radius 2 is 1.90 bits per heavy atom. The Morgan fingerprint density at radius 1 is 1.25 bits per heavy atom. The molecule has 0 radical (unpaired) electrons. The van der Waals surface area contributed by atoms with Gasteiger partial charge in [0.1, 0.15) is 6.54 Å². The molecule has 1 aliphatic heterocycles. The number of fused-ring (bicyclic) bond motifs is 1. The molecular weight excluding hydrogens is 270 g/mol. The van der Waals surface area contributed by atoms with Gasteiger partial charge in [0, 0.05) is 12.1 Å². The molecule has 0 aromatic heterocycles. The molecule has 3 rings (SSSR count). The van der Waals surface area contributed by atoms with Crippen molar-refractivity contribution in [3.63, 3.8) is 0 Å². The second-order valence-electron chi connectivity index (χ2n) is 4.85. The first-order chi connectivity index (χ1) is 9.47. The van der Waals surface area contributed by atoms with Gasteiger partial charge in [-0.1, -0.05) is 0 Å². The smallest absolute Gasteiger partial charge is 0.299 e. The Kier molecular flexibility index (Phi) is 2.77. The summed E-state index contributed by atoms with van der Waals surface area (Å²) < 4.78 is 26.3. The largest absolute Gasteiger partial charge is 0.352 e. The maximum atomic E-state index is 13.2. The van der Waals surface area contributed by atoms with E-state index >= 15 is 0 Å². The van der Waals surface area contributed by atoms with Crippen LogP contribution in [0.3, 0.4) is 0 Å². The zero-order valence-electron chi connectivity index (χ0n) is 10.3. The average Bonchev–Trinajstić information content (AvgIpc) is 3.17. The number of nitrogens with one attached hydrogen (secondary N) is 1. The molecule has 1 N–H and O–H groups in total. The summed E-state index contributed by atoms with van der Waals surface area (Å²) in [4.78, 5) is 36.0. The van der Waals surface area contributed by atoms with Crippen LogP contribution in [0, 0.1) is 11.6 Å². The fourth-order valence-electron chi connectivity index (χ4n) is 2.09. The van der Waals surface area contributed by atoms with Gasteiger partial charge in [-0.15, -0.1) is 0 Å². The zero-order chi connectivity index (χ0) is 14.4. The molecule has 1 fully saturated rings. The number of hydrogen-bond acceptors (Lipinski definition) is 3. The van der Waals surface area contributed by atoms with Crippen molar-refractivity contribution >= 4 is 23.3 Å². The molecule has 2 amide bonds. The van der Waals surface area contributed by atoms with E-state index in [0.717, 1.165) is 23.8 Å². The number of amides is 2. The van der Waals surface area contributed by atoms with E-state index in [1.807, 2.05) is 0 Å². The van der Waals surface area contributed by atoms with Gasteiger partial charge in [-0.05, 0) is 18.9 Å². The van der Waals surface area contributed by atoms with E-state index in [2.05, 4.69) is 5.32 Å². The van der Waals surface area contributed by atoms with Gasteiger partial charge >= 0.3 is 0 Å². The van der Waals surface area contributed by atoms with Crippen LogP contribution in [-0.2, 0) is 9.59 Å². The fourth-order valence-corrected chi connectivity index (χ4v) is 2.09. The van der Waals surface area contributed by atoms with Crippen molar-refractivity contribution in [1.82, 2.24) is 5.32 Å². The minimum absolute atomic E-state index is 0.0650. The number of Topliss-reactive ketones (excluding diaryl/α,β-unsaturated/α-hetero) is 1. The van der Waals surface area contributed by atoms with Crippen molar-refractivity contribution in [3.8, 4) is 0 Å². The summed E-state index contributed by atoms with van der Waals surface area (Å²) in [5.41, 5.74) is -0.280. The quantitative estimate of drug-likeness (QED) is 0.832. The SMILES string of the molecule is O=C(CN1C(=O)C(=O)c2cc(F)c(F)cc21)NC1CC1. The third kappa shape index (κ3) is 2.04. The summed E-state index contributed by atoms with van der Waals surface area (Å²) in [6.45, 7) is -0.376. The lowest BCUT2D eigenvalue weighted by atomic mass is 10.1. The van der Waals surface area contributed by atoms with E-state index in [4.69, 9.17) is 0 Å². The van der Waals surface area contributed by atoms with Gasteiger partial charge in [0.05, 0.1) is 11.3 Å². The number of halogens is 2. The first-order valence-corrected chi connectivity index (χ1v) is 6.12. The molecule has 0 saturated heterocycles. The van der Waals surface area contributed by atoms with Gasteiger partial charge < -0.3 is 5.32 Å². The Morgan fingerprint density at radius 3 is 2.55 bits per heavy atom. The summed E-state index contributed by atoms with van der Waals surface area (Å²) in [7, 11) is 0. The number of anilines is 1. The van der Waals surface area contributed by atoms with Crippen molar-refractivity contribution in [1.29, 1.82) is 0 Å². The predicted molar refractivity (Wildman–Crippen MR) is 64.2 cm³/mol. The maximum Gasteiger partial charge on any atom is 0.299 e. The van der Waals surface area contributed by atoms with E-state index in [-0.39, 0.29) is 23.8 Å². The Hall–Kier alpha value is -2.31. The van der Waals surface area contributed by atoms with Crippen LogP contribution in [0.1, 0.15) is 23.2 Å². The number of ketones is 1. The summed E-state index contributed by atoms with van der Waals surface area (Å²) in [5.74, 6) is -4.67. The van der Waals surface area contributed by atoms with Crippen LogP contribution < -0.4 is 10.2 Å². The molecule has 104 valence electrons. The van der Waals surface area contributed by atoms with Gasteiger partial charge in [-0.3, -0.25) is 19.3 Å². The Labute approximate surface area is 112 Å². The van der Waals surface area contributed by atoms with Crippen LogP contribution in [0.25, 0.3) is 0 Å². The number of nitrogens with zero attached hydrogens (tertiary/aromatic N) is 1. The van der Waals surface area contributed by atoms with Gasteiger partial charge in [-0.25, -0.2) is 8.78 Å². The van der Waals surface area contributed by atoms with E-state index in [0.29, 0.717) is 6.07 Å². The molecule has 1 saturated carbocycles. The van der Waals surface area contributed by atoms with Crippen molar-refractivity contribution in [2.24, 2.45) is 0 Å². The number of carbonyl (C=O) groups is 3. The normalized spacial score (nSPS) is 17.4. The Bertz CT molecular complexity index is 641. The maximum absolute atomic E-state index is 13.2. The summed E-state index contributed by atoms with van der Waals surface area (Å²) >= 11 is 0. The van der Waals surface area contributed by atoms with E-state index in [9.17, 15) is 23.2 Å². The molecular formula is C13H10F2N2O3. The van der Waals surface area contributed by atoms with Crippen LogP contribution in [0.4, 0.5) is 14.5 Å². The fraction of sp³-hybridized carbons (Fsp3) is 0.308. The van der Waals surface area contributed by atoms with Crippen molar-refractivity contribution < 1.29 is 23.2 Å². The predicted octanol–water partition coefficient (Wildman–Crippen LogP) is 0.773. The molecule has 7 heteroatoms. The van der Waals surface area contributed by atoms with Gasteiger partial charge in [-0.2, -0.15) is 0 Å². The highest BCUT2D eigenvalue weighted by molar-refractivity contribution is 6.52. The highest BCUT2D eigenvalue weighted by atomic mass is 19.2. The number of carbonyl (C=O) groups excluding carboxylic acids is 3. The van der Waals surface area contributed by atoms with Gasteiger partial charge in [0.2, 0.25) is 5.91 Å². The van der Waals surface area contributed by atoms with Crippen molar-refractivity contribution in [3.05, 3.63) is 29.3 Å². The average molecular weight is 280 g/mol. The lowest BCUT2D eigenvalue weighted by molar-refractivity contribution is -0.122. The van der Waals surface area contributed by atoms with E-state index < -0.39 is 29.2 Å². The number of benzene rings is 1. The standard InChI is InChI=1S/C13H10F2N2O3/c14-8-3-7-10(4-9(8)15)17(13(20)12(7)19)5-11(18)16-6-1-2-6/h3-4,6H,1-2,5H2,(H,16,18). The second-order valence-corrected chi connectivity index (χ2v) is 4.85.